The molecule has 4 N–H and O–H groups in total. The van der Waals surface area contributed by atoms with Crippen LogP contribution in [-0.2, 0) is 0 Å². The van der Waals surface area contributed by atoms with Crippen LogP contribution in [0.25, 0.3) is 55.8 Å². The second kappa shape index (κ2) is 9.55. The van der Waals surface area contributed by atoms with Crippen LogP contribution in [-0.4, -0.2) is 46.5 Å². The molecular weight excluding hydrogens is 495 g/mol. The van der Waals surface area contributed by atoms with Crippen LogP contribution in [0.4, 0.5) is 10.1 Å². The summed E-state index contributed by atoms with van der Waals surface area (Å²) in [6, 6.07) is 11.0. The monoisotopic (exact) mass is 520 g/mol. The molecular formula is C29H25FN8O. The maximum absolute atomic E-state index is 15.3. The highest BCUT2D eigenvalue weighted by Gasteiger charge is 2.23. The molecule has 1 saturated carbocycles. The standard InChI is InChI=1S/C29H25FN8O/c30-23-13-18(19-11-20(15-32-14-19)34-29(39)17-3-1-2-4-17)12-22-24(23)37-38-26(22)28-35-25-21(7-10-33-27(25)36-28)16-5-8-31-9-6-16/h5-15,17,29,34,39H,1-4H2,(H,37,38)(H,33,35,36). The molecule has 0 saturated heterocycles. The number of benzene rings is 1. The average molecular weight is 521 g/mol. The fourth-order valence-electron chi connectivity index (χ4n) is 5.46. The van der Waals surface area contributed by atoms with Gasteiger partial charge in [0.1, 0.15) is 17.4 Å². The number of nitrogens with one attached hydrogen (secondary N) is 3. The van der Waals surface area contributed by atoms with Crippen LogP contribution in [0.3, 0.4) is 0 Å². The minimum Gasteiger partial charge on any atom is -0.374 e. The van der Waals surface area contributed by atoms with Crippen molar-refractivity contribution in [2.45, 2.75) is 31.9 Å². The van der Waals surface area contributed by atoms with E-state index in [0.717, 1.165) is 47.9 Å². The van der Waals surface area contributed by atoms with E-state index in [1.165, 1.54) is 6.07 Å². The molecule has 194 valence electrons. The summed E-state index contributed by atoms with van der Waals surface area (Å²) in [5, 5.41) is 21.5. The highest BCUT2D eigenvalue weighted by molar-refractivity contribution is 5.97. The summed E-state index contributed by atoms with van der Waals surface area (Å²) in [6.45, 7) is 0. The van der Waals surface area contributed by atoms with E-state index in [2.05, 4.69) is 40.4 Å². The van der Waals surface area contributed by atoms with Crippen molar-refractivity contribution >= 4 is 27.8 Å². The first-order chi connectivity index (χ1) is 19.1. The molecule has 1 aromatic carbocycles. The number of H-pyrrole nitrogens is 2. The van der Waals surface area contributed by atoms with Gasteiger partial charge in [-0.25, -0.2) is 14.4 Å². The van der Waals surface area contributed by atoms with Gasteiger partial charge in [0, 0.05) is 47.2 Å². The molecule has 6 aromatic rings. The van der Waals surface area contributed by atoms with Crippen LogP contribution >= 0.6 is 0 Å². The number of aliphatic hydroxyl groups excluding tert-OH is 1. The van der Waals surface area contributed by atoms with Crippen LogP contribution < -0.4 is 5.32 Å². The van der Waals surface area contributed by atoms with Gasteiger partial charge in [-0.2, -0.15) is 5.10 Å². The topological polar surface area (TPSA) is 128 Å². The van der Waals surface area contributed by atoms with Gasteiger partial charge in [0.05, 0.1) is 17.4 Å². The third-order valence-electron chi connectivity index (χ3n) is 7.46. The van der Waals surface area contributed by atoms with Gasteiger partial charge < -0.3 is 15.4 Å². The normalized spacial score (nSPS) is 14.8. The van der Waals surface area contributed by atoms with Crippen molar-refractivity contribution < 1.29 is 9.50 Å². The van der Waals surface area contributed by atoms with E-state index in [4.69, 9.17) is 0 Å². The number of imidazole rings is 1. The minimum atomic E-state index is -0.636. The molecule has 0 spiro atoms. The fraction of sp³-hybridized carbons (Fsp3) is 0.207. The molecule has 1 unspecified atom stereocenters. The molecule has 39 heavy (non-hydrogen) atoms. The Hall–Kier alpha value is -4.70. The molecule has 10 heteroatoms. The van der Waals surface area contributed by atoms with E-state index in [-0.39, 0.29) is 11.4 Å². The van der Waals surface area contributed by atoms with Gasteiger partial charge in [-0.1, -0.05) is 12.8 Å². The van der Waals surface area contributed by atoms with Gasteiger partial charge >= 0.3 is 0 Å². The molecule has 0 bridgehead atoms. The quantitative estimate of drug-likeness (QED) is 0.208. The molecule has 1 aliphatic rings. The number of aromatic amines is 2. The zero-order valence-electron chi connectivity index (χ0n) is 20.9. The van der Waals surface area contributed by atoms with E-state index >= 15 is 4.39 Å². The Kier molecular flexibility index (Phi) is 5.74. The molecule has 0 aliphatic heterocycles. The van der Waals surface area contributed by atoms with Gasteiger partial charge in [0.2, 0.25) is 0 Å². The van der Waals surface area contributed by atoms with Gasteiger partial charge in [-0.3, -0.25) is 15.1 Å². The van der Waals surface area contributed by atoms with Crippen molar-refractivity contribution in [3.8, 4) is 33.8 Å². The largest absolute Gasteiger partial charge is 0.374 e. The number of pyridine rings is 3. The lowest BCUT2D eigenvalue weighted by Gasteiger charge is -2.20. The zero-order valence-corrected chi connectivity index (χ0v) is 20.9. The van der Waals surface area contributed by atoms with E-state index in [9.17, 15) is 5.11 Å². The number of fused-ring (bicyclic) bond motifs is 2. The molecule has 0 radical (unpaired) electrons. The fourth-order valence-corrected chi connectivity index (χ4v) is 5.46. The van der Waals surface area contributed by atoms with E-state index < -0.39 is 12.0 Å². The van der Waals surface area contributed by atoms with Crippen LogP contribution in [0, 0.1) is 11.7 Å². The number of halogens is 1. The lowest BCUT2D eigenvalue weighted by Crippen LogP contribution is -2.26. The molecule has 1 fully saturated rings. The maximum atomic E-state index is 15.3. The molecule has 0 amide bonds. The first-order valence-electron chi connectivity index (χ1n) is 13.0. The highest BCUT2D eigenvalue weighted by atomic mass is 19.1. The van der Waals surface area contributed by atoms with Crippen LogP contribution in [0.2, 0.25) is 0 Å². The Labute approximate surface area is 222 Å². The Morgan fingerprint density at radius 2 is 1.79 bits per heavy atom. The molecule has 1 atom stereocenters. The van der Waals surface area contributed by atoms with Crippen molar-refractivity contribution in [3.05, 3.63) is 73.2 Å². The summed E-state index contributed by atoms with van der Waals surface area (Å²) in [7, 11) is 0. The number of aromatic nitrogens is 7. The summed E-state index contributed by atoms with van der Waals surface area (Å²) in [6.07, 6.45) is 12.2. The maximum Gasteiger partial charge on any atom is 0.178 e. The Morgan fingerprint density at radius 1 is 0.949 bits per heavy atom. The van der Waals surface area contributed by atoms with Crippen molar-refractivity contribution in [2.24, 2.45) is 5.92 Å². The second-order valence-corrected chi connectivity index (χ2v) is 9.93. The second-order valence-electron chi connectivity index (χ2n) is 9.93. The SMILES string of the molecule is OC(Nc1cncc(-c2cc(F)c3n[nH]c(-c4nc5nccc(-c6ccncc6)c5[nH]4)c3c2)c1)C1CCCC1. The summed E-state index contributed by atoms with van der Waals surface area (Å²) in [5.41, 5.74) is 6.05. The summed E-state index contributed by atoms with van der Waals surface area (Å²) < 4.78 is 15.3. The number of hydrogen-bond donors (Lipinski definition) is 4. The van der Waals surface area contributed by atoms with E-state index in [1.807, 2.05) is 30.3 Å². The summed E-state index contributed by atoms with van der Waals surface area (Å²) in [4.78, 5) is 20.9. The summed E-state index contributed by atoms with van der Waals surface area (Å²) in [5.74, 6) is 0.278. The van der Waals surface area contributed by atoms with Crippen molar-refractivity contribution in [2.75, 3.05) is 5.32 Å². The molecule has 1 aliphatic carbocycles. The van der Waals surface area contributed by atoms with Gasteiger partial charge in [0.25, 0.3) is 0 Å². The zero-order chi connectivity index (χ0) is 26.3. The third kappa shape index (κ3) is 4.28. The Morgan fingerprint density at radius 3 is 2.64 bits per heavy atom. The molecule has 7 rings (SSSR count). The third-order valence-corrected chi connectivity index (χ3v) is 7.46. The van der Waals surface area contributed by atoms with Crippen molar-refractivity contribution in [3.63, 3.8) is 0 Å². The predicted octanol–water partition coefficient (Wildman–Crippen LogP) is 5.68. The first kappa shape index (κ1) is 23.4. The smallest absolute Gasteiger partial charge is 0.178 e. The first-order valence-corrected chi connectivity index (χ1v) is 13.0. The van der Waals surface area contributed by atoms with Crippen LogP contribution in [0.1, 0.15) is 25.7 Å². The van der Waals surface area contributed by atoms with Gasteiger partial charge in [-0.05, 0) is 60.4 Å². The molecule has 5 heterocycles. The number of rotatable bonds is 6. The number of anilines is 1. The number of aliphatic hydroxyl groups is 1. The Balaban J connectivity index is 1.27. The minimum absolute atomic E-state index is 0.218. The van der Waals surface area contributed by atoms with Crippen molar-refractivity contribution in [1.82, 2.24) is 35.1 Å². The highest BCUT2D eigenvalue weighted by Crippen LogP contribution is 2.34. The van der Waals surface area contributed by atoms with E-state index in [0.29, 0.717) is 33.8 Å². The number of nitrogens with zero attached hydrogens (tertiary/aromatic N) is 5. The molecule has 9 nitrogen and oxygen atoms in total. The lowest BCUT2D eigenvalue weighted by molar-refractivity contribution is 0.137. The Bertz CT molecular complexity index is 1790. The number of hydrogen-bond acceptors (Lipinski definition) is 7. The summed E-state index contributed by atoms with van der Waals surface area (Å²) >= 11 is 0. The van der Waals surface area contributed by atoms with Gasteiger partial charge in [0.15, 0.2) is 17.3 Å². The lowest BCUT2D eigenvalue weighted by atomic mass is 10.0. The van der Waals surface area contributed by atoms with E-state index in [1.54, 1.807) is 31.0 Å². The van der Waals surface area contributed by atoms with Gasteiger partial charge in [-0.15, -0.1) is 0 Å². The van der Waals surface area contributed by atoms with Crippen molar-refractivity contribution in [1.29, 1.82) is 0 Å². The average Bonchev–Trinajstić information content (AvgIpc) is 3.73. The predicted molar refractivity (Wildman–Crippen MR) is 147 cm³/mol. The van der Waals surface area contributed by atoms with Crippen LogP contribution in [0.5, 0.6) is 0 Å². The van der Waals surface area contributed by atoms with Crippen LogP contribution in [0.15, 0.2) is 67.4 Å². The molecule has 5 aromatic heterocycles.